The third kappa shape index (κ3) is 2.73. The summed E-state index contributed by atoms with van der Waals surface area (Å²) in [5.41, 5.74) is 2.07. The van der Waals surface area contributed by atoms with Crippen LogP contribution < -0.4 is 10.1 Å². The van der Waals surface area contributed by atoms with Gasteiger partial charge in [-0.25, -0.2) is 9.97 Å². The number of hydrogen-bond acceptors (Lipinski definition) is 5. The Balaban J connectivity index is 1.62. The Morgan fingerprint density at radius 3 is 2.96 bits per heavy atom. The van der Waals surface area contributed by atoms with Crippen LogP contribution in [0.5, 0.6) is 5.75 Å². The number of fused-ring (bicyclic) bond motifs is 3. The second kappa shape index (κ2) is 6.05. The minimum atomic E-state index is -0.346. The van der Waals surface area contributed by atoms with Crippen molar-refractivity contribution in [2.24, 2.45) is 0 Å². The maximum absolute atomic E-state index is 12.3. The molecule has 0 radical (unpaired) electrons. The minimum Gasteiger partial charge on any atom is -0.487 e. The number of anilines is 1. The lowest BCUT2D eigenvalue weighted by Gasteiger charge is -2.15. The van der Waals surface area contributed by atoms with Crippen molar-refractivity contribution in [2.75, 3.05) is 5.32 Å². The van der Waals surface area contributed by atoms with Crippen LogP contribution in [0.2, 0.25) is 10.2 Å². The summed E-state index contributed by atoms with van der Waals surface area (Å²) in [6.45, 7) is 0.439. The van der Waals surface area contributed by atoms with E-state index in [1.807, 2.05) is 24.3 Å². The van der Waals surface area contributed by atoms with E-state index in [4.69, 9.17) is 27.9 Å². The number of carbonyl (C=O) groups is 1. The zero-order valence-electron chi connectivity index (χ0n) is 12.0. The average molecular weight is 378 g/mol. The van der Waals surface area contributed by atoms with Crippen LogP contribution in [-0.2, 0) is 6.61 Å². The minimum absolute atomic E-state index is 0.159. The number of pyridine rings is 1. The smallest absolute Gasteiger partial charge is 0.259 e. The molecule has 0 aliphatic carbocycles. The molecule has 0 unspecified atom stereocenters. The van der Waals surface area contributed by atoms with Crippen molar-refractivity contribution in [1.29, 1.82) is 0 Å². The average Bonchev–Trinajstić information content (AvgIpc) is 3.00. The Kier molecular flexibility index (Phi) is 3.88. The van der Waals surface area contributed by atoms with E-state index in [-0.39, 0.29) is 16.1 Å². The second-order valence-electron chi connectivity index (χ2n) is 5.03. The van der Waals surface area contributed by atoms with Gasteiger partial charge >= 0.3 is 0 Å². The second-order valence-corrected chi connectivity index (χ2v) is 6.88. The topological polar surface area (TPSA) is 64.1 Å². The molecule has 120 valence electrons. The van der Waals surface area contributed by atoms with Crippen molar-refractivity contribution >= 4 is 45.6 Å². The number of carbonyl (C=O) groups excluding carboxylic acids is 1. The Bertz CT molecular complexity index is 958. The molecule has 1 amide bonds. The highest BCUT2D eigenvalue weighted by molar-refractivity contribution is 7.16. The number of hydrogen-bond donors (Lipinski definition) is 1. The number of aromatic nitrogens is 2. The molecule has 1 aromatic carbocycles. The predicted octanol–water partition coefficient (Wildman–Crippen LogP) is 4.66. The van der Waals surface area contributed by atoms with E-state index in [1.54, 1.807) is 0 Å². The summed E-state index contributed by atoms with van der Waals surface area (Å²) in [7, 11) is 0. The van der Waals surface area contributed by atoms with Crippen LogP contribution in [0, 0.1) is 0 Å². The van der Waals surface area contributed by atoms with E-state index >= 15 is 0 Å². The maximum Gasteiger partial charge on any atom is 0.259 e. The van der Waals surface area contributed by atoms with Gasteiger partial charge < -0.3 is 4.74 Å². The molecule has 2 aromatic heterocycles. The van der Waals surface area contributed by atoms with Crippen LogP contribution in [0.4, 0.5) is 5.13 Å². The van der Waals surface area contributed by atoms with Gasteiger partial charge in [0.05, 0.1) is 21.2 Å². The first kappa shape index (κ1) is 15.4. The molecule has 24 heavy (non-hydrogen) atoms. The van der Waals surface area contributed by atoms with Crippen LogP contribution in [0.3, 0.4) is 0 Å². The molecule has 1 aliphatic heterocycles. The van der Waals surface area contributed by atoms with E-state index in [2.05, 4.69) is 15.3 Å². The Morgan fingerprint density at radius 2 is 2.12 bits per heavy atom. The van der Waals surface area contributed by atoms with E-state index in [1.165, 1.54) is 23.6 Å². The zero-order chi connectivity index (χ0) is 16.7. The lowest BCUT2D eigenvalue weighted by Crippen LogP contribution is -2.12. The molecule has 0 fully saturated rings. The van der Waals surface area contributed by atoms with Gasteiger partial charge in [0.2, 0.25) is 0 Å². The fourth-order valence-corrected chi connectivity index (χ4v) is 3.51. The first-order chi connectivity index (χ1) is 11.6. The highest BCUT2D eigenvalue weighted by Gasteiger charge is 2.22. The number of para-hydroxylation sites is 1. The predicted molar refractivity (Wildman–Crippen MR) is 94.1 cm³/mol. The van der Waals surface area contributed by atoms with Crippen molar-refractivity contribution in [3.8, 4) is 17.0 Å². The van der Waals surface area contributed by atoms with Gasteiger partial charge in [-0.3, -0.25) is 10.1 Å². The summed E-state index contributed by atoms with van der Waals surface area (Å²) in [6.07, 6.45) is 1.37. The monoisotopic (exact) mass is 377 g/mol. The van der Waals surface area contributed by atoms with Crippen molar-refractivity contribution < 1.29 is 9.53 Å². The number of ether oxygens (including phenoxy) is 1. The Hall–Kier alpha value is -2.15. The third-order valence-corrected chi connectivity index (χ3v) is 5.11. The number of benzene rings is 1. The van der Waals surface area contributed by atoms with Gasteiger partial charge in [0.25, 0.3) is 5.91 Å². The summed E-state index contributed by atoms with van der Waals surface area (Å²) in [4.78, 5) is 21.7. The number of thiazole rings is 1. The van der Waals surface area contributed by atoms with Gasteiger partial charge in [0.15, 0.2) is 5.13 Å². The molecule has 8 heteroatoms. The van der Waals surface area contributed by atoms with Gasteiger partial charge in [-0.05, 0) is 18.2 Å². The number of nitrogens with zero attached hydrogens (tertiary/aromatic N) is 2. The molecule has 0 atom stereocenters. The number of rotatable bonds is 2. The highest BCUT2D eigenvalue weighted by Crippen LogP contribution is 2.40. The van der Waals surface area contributed by atoms with Gasteiger partial charge in [-0.2, -0.15) is 0 Å². The third-order valence-electron chi connectivity index (χ3n) is 3.48. The van der Waals surface area contributed by atoms with E-state index in [0.29, 0.717) is 17.3 Å². The molecule has 4 rings (SSSR count). The standard InChI is InChI=1S/C16H9Cl2N3O2S/c17-10-5-8(6-19-14(10)18)15(22)21-16-20-13-9-3-1-2-4-11(9)23-7-12(13)24-16/h1-6H,7H2,(H,20,21,22). The lowest BCUT2D eigenvalue weighted by atomic mass is 10.1. The normalized spacial score (nSPS) is 12.1. The Labute approximate surface area is 151 Å². The first-order valence-electron chi connectivity index (χ1n) is 6.96. The molecule has 5 nitrogen and oxygen atoms in total. The van der Waals surface area contributed by atoms with Gasteiger partial charge in [0.1, 0.15) is 17.5 Å². The molecule has 0 spiro atoms. The molecular formula is C16H9Cl2N3O2S. The molecule has 1 aliphatic rings. The van der Waals surface area contributed by atoms with Gasteiger partial charge in [-0.1, -0.05) is 46.7 Å². The largest absolute Gasteiger partial charge is 0.487 e. The summed E-state index contributed by atoms with van der Waals surface area (Å²) < 4.78 is 5.70. The summed E-state index contributed by atoms with van der Waals surface area (Å²) >= 11 is 13.0. The van der Waals surface area contributed by atoms with E-state index < -0.39 is 0 Å². The van der Waals surface area contributed by atoms with Crippen molar-refractivity contribution in [3.05, 3.63) is 57.1 Å². The Morgan fingerprint density at radius 1 is 1.29 bits per heavy atom. The number of amides is 1. The summed E-state index contributed by atoms with van der Waals surface area (Å²) in [5.74, 6) is 0.447. The molecular weight excluding hydrogens is 369 g/mol. The van der Waals surface area contributed by atoms with Crippen molar-refractivity contribution in [1.82, 2.24) is 9.97 Å². The molecule has 0 saturated heterocycles. The first-order valence-corrected chi connectivity index (χ1v) is 8.53. The van der Waals surface area contributed by atoms with Crippen LogP contribution >= 0.6 is 34.5 Å². The van der Waals surface area contributed by atoms with Crippen LogP contribution in [0.1, 0.15) is 15.2 Å². The van der Waals surface area contributed by atoms with E-state index in [0.717, 1.165) is 21.9 Å². The van der Waals surface area contributed by atoms with Gasteiger partial charge in [0, 0.05) is 11.8 Å². The molecule has 1 N–H and O–H groups in total. The number of halogens is 2. The van der Waals surface area contributed by atoms with Crippen molar-refractivity contribution in [2.45, 2.75) is 6.61 Å². The van der Waals surface area contributed by atoms with E-state index in [9.17, 15) is 4.79 Å². The molecule has 0 bridgehead atoms. The lowest BCUT2D eigenvalue weighted by molar-refractivity contribution is 0.102. The fraction of sp³-hybridized carbons (Fsp3) is 0.0625. The van der Waals surface area contributed by atoms with Crippen molar-refractivity contribution in [3.63, 3.8) is 0 Å². The molecule has 3 aromatic rings. The maximum atomic E-state index is 12.3. The van der Waals surface area contributed by atoms with Crippen LogP contribution in [-0.4, -0.2) is 15.9 Å². The highest BCUT2D eigenvalue weighted by atomic mass is 35.5. The fourth-order valence-electron chi connectivity index (χ4n) is 2.36. The van der Waals surface area contributed by atoms with Crippen LogP contribution in [0.25, 0.3) is 11.3 Å². The zero-order valence-corrected chi connectivity index (χ0v) is 14.4. The van der Waals surface area contributed by atoms with Gasteiger partial charge in [-0.15, -0.1) is 0 Å². The molecule has 3 heterocycles. The molecule has 0 saturated carbocycles. The summed E-state index contributed by atoms with van der Waals surface area (Å²) in [6, 6.07) is 9.16. The SMILES string of the molecule is O=C(Nc1nc2c(s1)COc1ccccc1-2)c1cnc(Cl)c(Cl)c1. The van der Waals surface area contributed by atoms with Crippen LogP contribution in [0.15, 0.2) is 36.5 Å². The summed E-state index contributed by atoms with van der Waals surface area (Å²) in [5, 5.41) is 3.65. The number of nitrogens with one attached hydrogen (secondary N) is 1. The quantitative estimate of drug-likeness (QED) is 0.659.